The quantitative estimate of drug-likeness (QED) is 0.879. The van der Waals surface area contributed by atoms with Gasteiger partial charge in [-0.2, -0.15) is 0 Å². The number of thiophene rings is 1. The molecule has 7 heteroatoms. The van der Waals surface area contributed by atoms with Crippen LogP contribution >= 0.6 is 11.3 Å². The summed E-state index contributed by atoms with van der Waals surface area (Å²) in [6.07, 6.45) is 0.381. The SMILES string of the molecule is COCCc1nc2sc(C)c(C)c2c(=O)n1CCC(=O)O. The fraction of sp³-hybridized carbons (Fsp3) is 0.500. The number of carbonyl (C=O) groups is 1. The predicted molar refractivity (Wildman–Crippen MR) is 81.2 cm³/mol. The van der Waals surface area contributed by atoms with Crippen LogP contribution in [0.4, 0.5) is 0 Å². The van der Waals surface area contributed by atoms with Gasteiger partial charge in [-0.3, -0.25) is 14.2 Å². The summed E-state index contributed by atoms with van der Waals surface area (Å²) in [6.45, 7) is 4.42. The summed E-state index contributed by atoms with van der Waals surface area (Å²) >= 11 is 1.49. The molecule has 0 radical (unpaired) electrons. The molecule has 0 spiro atoms. The second-order valence-corrected chi connectivity index (χ2v) is 6.04. The molecule has 0 aromatic carbocycles. The van der Waals surface area contributed by atoms with Gasteiger partial charge in [-0.25, -0.2) is 4.98 Å². The number of aliphatic carboxylic acids is 1. The van der Waals surface area contributed by atoms with Crippen LogP contribution in [0, 0.1) is 13.8 Å². The maximum atomic E-state index is 12.7. The second-order valence-electron chi connectivity index (χ2n) is 4.83. The van der Waals surface area contributed by atoms with E-state index >= 15 is 0 Å². The Morgan fingerprint density at radius 2 is 2.14 bits per heavy atom. The maximum absolute atomic E-state index is 12.7. The van der Waals surface area contributed by atoms with Crippen LogP contribution in [0.3, 0.4) is 0 Å². The van der Waals surface area contributed by atoms with Gasteiger partial charge in [0.05, 0.1) is 18.4 Å². The lowest BCUT2D eigenvalue weighted by atomic mass is 10.2. The molecule has 0 saturated heterocycles. The summed E-state index contributed by atoms with van der Waals surface area (Å²) < 4.78 is 6.51. The molecule has 0 aliphatic carbocycles. The van der Waals surface area contributed by atoms with Crippen molar-refractivity contribution in [3.05, 3.63) is 26.6 Å². The van der Waals surface area contributed by atoms with E-state index in [1.165, 1.54) is 15.9 Å². The third-order valence-electron chi connectivity index (χ3n) is 3.45. The first-order chi connectivity index (χ1) is 9.95. The Morgan fingerprint density at radius 1 is 1.43 bits per heavy atom. The number of carboxylic acid groups (broad SMARTS) is 1. The van der Waals surface area contributed by atoms with E-state index in [9.17, 15) is 9.59 Å². The van der Waals surface area contributed by atoms with Crippen molar-refractivity contribution in [1.82, 2.24) is 9.55 Å². The monoisotopic (exact) mass is 310 g/mol. The molecule has 6 nitrogen and oxygen atoms in total. The molecule has 0 fully saturated rings. The van der Waals surface area contributed by atoms with Crippen LogP contribution in [0.25, 0.3) is 10.2 Å². The van der Waals surface area contributed by atoms with Gasteiger partial charge >= 0.3 is 5.97 Å². The smallest absolute Gasteiger partial charge is 0.305 e. The number of hydrogen-bond acceptors (Lipinski definition) is 5. The van der Waals surface area contributed by atoms with Crippen molar-refractivity contribution in [3.8, 4) is 0 Å². The first kappa shape index (κ1) is 15.7. The number of nitrogens with zero attached hydrogens (tertiary/aromatic N) is 2. The van der Waals surface area contributed by atoms with Crippen LogP contribution in [0.1, 0.15) is 22.7 Å². The van der Waals surface area contributed by atoms with Gasteiger partial charge < -0.3 is 9.84 Å². The molecule has 21 heavy (non-hydrogen) atoms. The Balaban J connectivity index is 2.59. The van der Waals surface area contributed by atoms with Gasteiger partial charge in [0.15, 0.2) is 0 Å². The molecule has 1 N–H and O–H groups in total. The van der Waals surface area contributed by atoms with Gasteiger partial charge in [0.25, 0.3) is 5.56 Å². The number of carboxylic acids is 1. The molecule has 2 rings (SSSR count). The second kappa shape index (κ2) is 6.36. The average Bonchev–Trinajstić information content (AvgIpc) is 2.70. The zero-order chi connectivity index (χ0) is 15.6. The first-order valence-corrected chi connectivity index (χ1v) is 7.47. The Hall–Kier alpha value is -1.73. The number of methoxy groups -OCH3 is 1. The molecule has 114 valence electrons. The largest absolute Gasteiger partial charge is 0.481 e. The van der Waals surface area contributed by atoms with Gasteiger partial charge in [-0.1, -0.05) is 0 Å². The van der Waals surface area contributed by atoms with E-state index in [-0.39, 0.29) is 18.5 Å². The van der Waals surface area contributed by atoms with Crippen molar-refractivity contribution < 1.29 is 14.6 Å². The van der Waals surface area contributed by atoms with Gasteiger partial charge in [0, 0.05) is 25.0 Å². The molecule has 0 amide bonds. The van der Waals surface area contributed by atoms with Crippen molar-refractivity contribution in [2.45, 2.75) is 33.2 Å². The van der Waals surface area contributed by atoms with E-state index in [1.807, 2.05) is 13.8 Å². The Kier molecular flexibility index (Phi) is 4.74. The Bertz CT molecular complexity index is 733. The highest BCUT2D eigenvalue weighted by atomic mass is 32.1. The number of ether oxygens (including phenoxy) is 1. The number of aromatic nitrogens is 2. The summed E-state index contributed by atoms with van der Waals surface area (Å²) in [6, 6.07) is 0. The normalized spacial score (nSPS) is 11.2. The van der Waals surface area contributed by atoms with Crippen LogP contribution in [0.5, 0.6) is 0 Å². The van der Waals surface area contributed by atoms with Gasteiger partial charge in [0.1, 0.15) is 10.7 Å². The molecule has 0 bridgehead atoms. The van der Waals surface area contributed by atoms with E-state index in [4.69, 9.17) is 9.84 Å². The summed E-state index contributed by atoms with van der Waals surface area (Å²) in [5.74, 6) is -0.352. The zero-order valence-electron chi connectivity index (χ0n) is 12.3. The van der Waals surface area contributed by atoms with Crippen molar-refractivity contribution in [3.63, 3.8) is 0 Å². The number of fused-ring (bicyclic) bond motifs is 1. The lowest BCUT2D eigenvalue weighted by Crippen LogP contribution is -2.27. The lowest BCUT2D eigenvalue weighted by Gasteiger charge is -2.11. The molecular weight excluding hydrogens is 292 g/mol. The van der Waals surface area contributed by atoms with Crippen molar-refractivity contribution in [2.75, 3.05) is 13.7 Å². The van der Waals surface area contributed by atoms with E-state index in [0.29, 0.717) is 29.1 Å². The maximum Gasteiger partial charge on any atom is 0.305 e. The summed E-state index contributed by atoms with van der Waals surface area (Å²) in [5.41, 5.74) is 0.768. The van der Waals surface area contributed by atoms with Crippen LogP contribution in [-0.2, 0) is 22.5 Å². The van der Waals surface area contributed by atoms with Gasteiger partial charge in [-0.05, 0) is 19.4 Å². The molecule has 2 aromatic rings. The van der Waals surface area contributed by atoms with Crippen molar-refractivity contribution >= 4 is 27.5 Å². The minimum atomic E-state index is -0.932. The summed E-state index contributed by atoms with van der Waals surface area (Å²) in [5, 5.41) is 9.45. The predicted octanol–water partition coefficient (Wildman–Crippen LogP) is 1.74. The fourth-order valence-corrected chi connectivity index (χ4v) is 3.23. The van der Waals surface area contributed by atoms with E-state index in [1.54, 1.807) is 7.11 Å². The molecule has 2 heterocycles. The van der Waals surface area contributed by atoms with Crippen LogP contribution in [0.2, 0.25) is 0 Å². The fourth-order valence-electron chi connectivity index (χ4n) is 2.19. The molecular formula is C14H18N2O4S. The van der Waals surface area contributed by atoms with Gasteiger partial charge in [-0.15, -0.1) is 11.3 Å². The highest BCUT2D eigenvalue weighted by Crippen LogP contribution is 2.26. The number of rotatable bonds is 6. The van der Waals surface area contributed by atoms with Crippen molar-refractivity contribution in [2.24, 2.45) is 0 Å². The summed E-state index contributed by atoms with van der Waals surface area (Å²) in [7, 11) is 1.58. The lowest BCUT2D eigenvalue weighted by molar-refractivity contribution is -0.137. The molecule has 0 saturated carbocycles. The summed E-state index contributed by atoms with van der Waals surface area (Å²) in [4.78, 5) is 29.8. The van der Waals surface area contributed by atoms with Gasteiger partial charge in [0.2, 0.25) is 0 Å². The van der Waals surface area contributed by atoms with Crippen molar-refractivity contribution in [1.29, 1.82) is 0 Å². The average molecular weight is 310 g/mol. The third kappa shape index (κ3) is 3.14. The highest BCUT2D eigenvalue weighted by Gasteiger charge is 2.16. The zero-order valence-corrected chi connectivity index (χ0v) is 13.1. The standard InChI is InChI=1S/C14H18N2O4S/c1-8-9(2)21-13-12(8)14(19)16(6-4-11(17)18)10(15-13)5-7-20-3/h4-7H2,1-3H3,(H,17,18). The van der Waals surface area contributed by atoms with E-state index in [2.05, 4.69) is 4.98 Å². The molecule has 0 unspecified atom stereocenters. The van der Waals surface area contributed by atoms with Crippen LogP contribution in [-0.4, -0.2) is 34.3 Å². The Labute approximate surface area is 126 Å². The minimum absolute atomic E-state index is 0.102. The van der Waals surface area contributed by atoms with Crippen LogP contribution < -0.4 is 5.56 Å². The molecule has 0 aliphatic heterocycles. The molecule has 0 atom stereocenters. The topological polar surface area (TPSA) is 81.4 Å². The third-order valence-corrected chi connectivity index (χ3v) is 4.55. The minimum Gasteiger partial charge on any atom is -0.481 e. The Morgan fingerprint density at radius 3 is 2.76 bits per heavy atom. The molecule has 2 aromatic heterocycles. The number of hydrogen-bond donors (Lipinski definition) is 1. The molecule has 0 aliphatic rings. The van der Waals surface area contributed by atoms with E-state index in [0.717, 1.165) is 10.4 Å². The number of aryl methyl sites for hydroxylation is 2. The van der Waals surface area contributed by atoms with Crippen LogP contribution in [0.15, 0.2) is 4.79 Å². The van der Waals surface area contributed by atoms with E-state index < -0.39 is 5.97 Å². The first-order valence-electron chi connectivity index (χ1n) is 6.65. The highest BCUT2D eigenvalue weighted by molar-refractivity contribution is 7.18.